The Bertz CT molecular complexity index is 579. The van der Waals surface area contributed by atoms with Gasteiger partial charge in [-0.1, -0.05) is 58.9 Å². The van der Waals surface area contributed by atoms with Gasteiger partial charge in [0, 0.05) is 29.8 Å². The Balaban J connectivity index is 2.06. The molecule has 21 heavy (non-hydrogen) atoms. The number of nitrogens with zero attached hydrogens (tertiary/aromatic N) is 1. The van der Waals surface area contributed by atoms with Gasteiger partial charge in [0.05, 0.1) is 10.7 Å². The predicted octanol–water partition coefficient (Wildman–Crippen LogP) is 4.53. The van der Waals surface area contributed by atoms with Gasteiger partial charge in [0.1, 0.15) is 0 Å². The van der Waals surface area contributed by atoms with Crippen molar-refractivity contribution in [2.45, 2.75) is 59.0 Å². The first-order chi connectivity index (χ1) is 9.84. The van der Waals surface area contributed by atoms with Crippen LogP contribution in [-0.4, -0.2) is 11.0 Å². The molecule has 0 saturated carbocycles. The summed E-state index contributed by atoms with van der Waals surface area (Å²) in [5.41, 5.74) is 4.01. The minimum Gasteiger partial charge on any atom is -0.310 e. The molecule has 0 aliphatic rings. The van der Waals surface area contributed by atoms with Crippen molar-refractivity contribution in [1.82, 2.24) is 10.3 Å². The molecule has 0 aliphatic heterocycles. The summed E-state index contributed by atoms with van der Waals surface area (Å²) < 4.78 is 0. The van der Waals surface area contributed by atoms with Crippen molar-refractivity contribution in [3.8, 4) is 0 Å². The average Bonchev–Trinajstić information content (AvgIpc) is 2.85. The number of nitrogens with one attached hydrogen (secondary N) is 1. The van der Waals surface area contributed by atoms with E-state index in [4.69, 9.17) is 4.98 Å². The number of hydrogen-bond donors (Lipinski definition) is 1. The van der Waals surface area contributed by atoms with E-state index in [2.05, 4.69) is 69.6 Å². The Hall–Kier alpha value is -1.19. The van der Waals surface area contributed by atoms with Crippen LogP contribution in [0.25, 0.3) is 0 Å². The number of aromatic nitrogens is 1. The standard InChI is InChI=1S/C18H26N2S/c1-13(2)19-11-15-8-6-7-14(9-15)10-17-20-16(12-21-17)18(3,4)5/h6-9,12-13,19H,10-11H2,1-5H3. The van der Waals surface area contributed by atoms with Crippen molar-refractivity contribution in [2.24, 2.45) is 0 Å². The summed E-state index contributed by atoms with van der Waals surface area (Å²) in [5, 5.41) is 6.86. The van der Waals surface area contributed by atoms with E-state index >= 15 is 0 Å². The van der Waals surface area contributed by atoms with Gasteiger partial charge in [-0.05, 0) is 11.1 Å². The third-order valence-corrected chi connectivity index (χ3v) is 4.23. The summed E-state index contributed by atoms with van der Waals surface area (Å²) in [6.45, 7) is 11.9. The monoisotopic (exact) mass is 302 g/mol. The summed E-state index contributed by atoms with van der Waals surface area (Å²) in [7, 11) is 0. The molecule has 1 heterocycles. The first-order valence-electron chi connectivity index (χ1n) is 7.60. The SMILES string of the molecule is CC(C)NCc1cccc(Cc2nc(C(C)(C)C)cs2)c1. The maximum absolute atomic E-state index is 4.78. The molecule has 1 aromatic carbocycles. The van der Waals surface area contributed by atoms with Crippen LogP contribution in [0.2, 0.25) is 0 Å². The molecule has 0 amide bonds. The average molecular weight is 302 g/mol. The number of benzene rings is 1. The summed E-state index contributed by atoms with van der Waals surface area (Å²) in [6, 6.07) is 9.32. The van der Waals surface area contributed by atoms with E-state index in [1.165, 1.54) is 21.8 Å². The molecule has 2 aromatic rings. The van der Waals surface area contributed by atoms with E-state index in [-0.39, 0.29) is 5.41 Å². The largest absolute Gasteiger partial charge is 0.310 e. The predicted molar refractivity (Wildman–Crippen MR) is 92.0 cm³/mol. The third kappa shape index (κ3) is 4.94. The van der Waals surface area contributed by atoms with Gasteiger partial charge in [0.2, 0.25) is 0 Å². The van der Waals surface area contributed by atoms with Crippen LogP contribution in [0.5, 0.6) is 0 Å². The Morgan fingerprint density at radius 2 is 1.90 bits per heavy atom. The van der Waals surface area contributed by atoms with Gasteiger partial charge < -0.3 is 5.32 Å². The van der Waals surface area contributed by atoms with Gasteiger partial charge in [-0.3, -0.25) is 0 Å². The fourth-order valence-corrected chi connectivity index (χ4v) is 3.14. The Labute approximate surface area is 132 Å². The van der Waals surface area contributed by atoms with Crippen LogP contribution in [0.3, 0.4) is 0 Å². The fourth-order valence-electron chi connectivity index (χ4n) is 2.08. The quantitative estimate of drug-likeness (QED) is 0.877. The number of rotatable bonds is 5. The minimum absolute atomic E-state index is 0.137. The highest BCUT2D eigenvalue weighted by molar-refractivity contribution is 7.09. The Morgan fingerprint density at radius 3 is 2.52 bits per heavy atom. The normalized spacial score (nSPS) is 12.1. The Morgan fingerprint density at radius 1 is 1.19 bits per heavy atom. The van der Waals surface area contributed by atoms with Crippen LogP contribution in [-0.2, 0) is 18.4 Å². The van der Waals surface area contributed by atoms with Crippen molar-refractivity contribution in [3.63, 3.8) is 0 Å². The lowest BCUT2D eigenvalue weighted by molar-refractivity contribution is 0.571. The van der Waals surface area contributed by atoms with E-state index in [9.17, 15) is 0 Å². The van der Waals surface area contributed by atoms with Gasteiger partial charge in [-0.2, -0.15) is 0 Å². The highest BCUT2D eigenvalue weighted by Gasteiger charge is 2.17. The van der Waals surface area contributed by atoms with Gasteiger partial charge in [-0.25, -0.2) is 4.98 Å². The van der Waals surface area contributed by atoms with Gasteiger partial charge in [0.15, 0.2) is 0 Å². The molecule has 2 nitrogen and oxygen atoms in total. The molecule has 1 aromatic heterocycles. The van der Waals surface area contributed by atoms with Crippen molar-refractivity contribution in [1.29, 1.82) is 0 Å². The second-order valence-corrected chi connectivity index (χ2v) is 7.85. The number of thiazole rings is 1. The van der Waals surface area contributed by atoms with Crippen LogP contribution >= 0.6 is 11.3 Å². The van der Waals surface area contributed by atoms with E-state index in [0.717, 1.165) is 13.0 Å². The van der Waals surface area contributed by atoms with Crippen LogP contribution in [0.1, 0.15) is 56.4 Å². The topological polar surface area (TPSA) is 24.9 Å². The lowest BCUT2D eigenvalue weighted by Gasteiger charge is -2.14. The number of hydrogen-bond acceptors (Lipinski definition) is 3. The molecule has 0 fully saturated rings. The second-order valence-electron chi connectivity index (χ2n) is 6.91. The molecule has 1 N–H and O–H groups in total. The molecule has 0 saturated heterocycles. The first-order valence-corrected chi connectivity index (χ1v) is 8.48. The molecule has 0 radical (unpaired) electrons. The Kier molecular flexibility index (Phi) is 5.17. The molecule has 0 aliphatic carbocycles. The molecule has 0 atom stereocenters. The summed E-state index contributed by atoms with van der Waals surface area (Å²) in [6.07, 6.45) is 0.927. The molecular weight excluding hydrogens is 276 g/mol. The zero-order valence-electron chi connectivity index (χ0n) is 13.7. The lowest BCUT2D eigenvalue weighted by Crippen LogP contribution is -2.21. The zero-order chi connectivity index (χ0) is 15.5. The fraction of sp³-hybridized carbons (Fsp3) is 0.500. The van der Waals surface area contributed by atoms with Crippen LogP contribution < -0.4 is 5.32 Å². The third-order valence-electron chi connectivity index (χ3n) is 3.38. The highest BCUT2D eigenvalue weighted by Crippen LogP contribution is 2.25. The van der Waals surface area contributed by atoms with Gasteiger partial charge >= 0.3 is 0 Å². The van der Waals surface area contributed by atoms with Crippen molar-refractivity contribution in [3.05, 3.63) is 51.5 Å². The molecular formula is C18H26N2S. The molecule has 0 bridgehead atoms. The molecule has 0 unspecified atom stereocenters. The summed E-state index contributed by atoms with van der Waals surface area (Å²) in [5.74, 6) is 0. The van der Waals surface area contributed by atoms with E-state index < -0.39 is 0 Å². The van der Waals surface area contributed by atoms with E-state index in [1.54, 1.807) is 11.3 Å². The molecule has 114 valence electrons. The molecule has 0 spiro atoms. The van der Waals surface area contributed by atoms with Gasteiger partial charge in [0.25, 0.3) is 0 Å². The van der Waals surface area contributed by atoms with Crippen LogP contribution in [0.15, 0.2) is 29.6 Å². The summed E-state index contributed by atoms with van der Waals surface area (Å²) in [4.78, 5) is 4.78. The van der Waals surface area contributed by atoms with Crippen molar-refractivity contribution >= 4 is 11.3 Å². The minimum atomic E-state index is 0.137. The molecule has 2 rings (SSSR count). The second kappa shape index (κ2) is 6.71. The lowest BCUT2D eigenvalue weighted by atomic mass is 9.93. The highest BCUT2D eigenvalue weighted by atomic mass is 32.1. The molecule has 3 heteroatoms. The maximum atomic E-state index is 4.78. The van der Waals surface area contributed by atoms with Crippen LogP contribution in [0.4, 0.5) is 0 Å². The first kappa shape index (κ1) is 16.2. The van der Waals surface area contributed by atoms with E-state index in [0.29, 0.717) is 6.04 Å². The maximum Gasteiger partial charge on any atom is 0.0972 e. The van der Waals surface area contributed by atoms with E-state index in [1.807, 2.05) is 0 Å². The van der Waals surface area contributed by atoms with Gasteiger partial charge in [-0.15, -0.1) is 11.3 Å². The van der Waals surface area contributed by atoms with Crippen LogP contribution in [0, 0.1) is 0 Å². The smallest absolute Gasteiger partial charge is 0.0972 e. The zero-order valence-corrected chi connectivity index (χ0v) is 14.6. The van der Waals surface area contributed by atoms with Crippen molar-refractivity contribution < 1.29 is 0 Å². The van der Waals surface area contributed by atoms with Crippen molar-refractivity contribution in [2.75, 3.05) is 0 Å². The summed E-state index contributed by atoms with van der Waals surface area (Å²) >= 11 is 1.77.